The number of nitrogens with zero attached hydrogens (tertiary/aromatic N) is 1. The van der Waals surface area contributed by atoms with Gasteiger partial charge in [0.1, 0.15) is 0 Å². The summed E-state index contributed by atoms with van der Waals surface area (Å²) in [7, 11) is 0. The molecule has 0 aliphatic heterocycles. The molecular formula is C55H35NS2. The first-order valence-electron chi connectivity index (χ1n) is 19.8. The maximum atomic E-state index is 2.53. The third kappa shape index (κ3) is 4.87. The Hall–Kier alpha value is -6.78. The number of benzene rings is 9. The molecule has 2 heterocycles. The number of thiophene rings is 2. The number of rotatable bonds is 6. The maximum absolute atomic E-state index is 2.53. The summed E-state index contributed by atoms with van der Waals surface area (Å²) in [5, 5.41) is 5.14. The van der Waals surface area contributed by atoms with Crippen molar-refractivity contribution in [1.82, 2.24) is 0 Å². The molecule has 272 valence electrons. The zero-order chi connectivity index (χ0) is 38.2. The summed E-state index contributed by atoms with van der Waals surface area (Å²) < 4.78 is 5.15. The van der Waals surface area contributed by atoms with Gasteiger partial charge in [0.25, 0.3) is 0 Å². The van der Waals surface area contributed by atoms with Crippen LogP contribution in [0, 0.1) is 0 Å². The minimum atomic E-state index is -0.474. The van der Waals surface area contributed by atoms with Crippen LogP contribution in [-0.2, 0) is 5.41 Å². The lowest BCUT2D eigenvalue weighted by Crippen LogP contribution is -2.28. The van der Waals surface area contributed by atoms with Crippen molar-refractivity contribution in [2.45, 2.75) is 5.41 Å². The van der Waals surface area contributed by atoms with Gasteiger partial charge in [-0.1, -0.05) is 164 Å². The molecule has 12 rings (SSSR count). The van der Waals surface area contributed by atoms with E-state index in [4.69, 9.17) is 0 Å². The Morgan fingerprint density at radius 1 is 0.362 bits per heavy atom. The van der Waals surface area contributed by atoms with Crippen LogP contribution in [0.4, 0.5) is 17.1 Å². The van der Waals surface area contributed by atoms with E-state index in [1.807, 2.05) is 22.7 Å². The average Bonchev–Trinajstić information content (AvgIpc) is 3.96. The highest BCUT2D eigenvalue weighted by Gasteiger charge is 2.46. The zero-order valence-electron chi connectivity index (χ0n) is 31.5. The van der Waals surface area contributed by atoms with E-state index in [0.717, 1.165) is 5.69 Å². The fourth-order valence-electron chi connectivity index (χ4n) is 9.71. The molecular weight excluding hydrogens is 739 g/mol. The Balaban J connectivity index is 1.16. The van der Waals surface area contributed by atoms with Gasteiger partial charge in [-0.2, -0.15) is 0 Å². The predicted molar refractivity (Wildman–Crippen MR) is 250 cm³/mol. The fraction of sp³-hybridized carbons (Fsp3) is 0.0182. The van der Waals surface area contributed by atoms with Crippen molar-refractivity contribution in [3.8, 4) is 22.3 Å². The van der Waals surface area contributed by atoms with Gasteiger partial charge in [-0.15, -0.1) is 22.7 Å². The number of hydrogen-bond acceptors (Lipinski definition) is 3. The van der Waals surface area contributed by atoms with Crippen molar-refractivity contribution in [2.75, 3.05) is 4.90 Å². The molecule has 1 aliphatic rings. The Kier molecular flexibility index (Phi) is 7.56. The van der Waals surface area contributed by atoms with Gasteiger partial charge in [-0.05, 0) is 93.0 Å². The molecule has 0 spiro atoms. The Labute approximate surface area is 345 Å². The van der Waals surface area contributed by atoms with Gasteiger partial charge in [0.15, 0.2) is 0 Å². The molecule has 0 saturated heterocycles. The standard InChI is InChI=1S/C55H35NS2/c1-3-16-36(17-4-1)37-18-13-21-40(34-37)56(49-29-14-25-44-43-24-9-12-30-50(43)58-54(44)49)48-28-15-31-52-53(48)45-35-39(32-33-51(45)57-52)55(38-19-5-2-6-20-38)46-26-10-7-22-41(46)42-23-8-11-27-47(42)55/h1-35H. The summed E-state index contributed by atoms with van der Waals surface area (Å²) in [6, 6.07) is 78.8. The molecule has 0 saturated carbocycles. The summed E-state index contributed by atoms with van der Waals surface area (Å²) in [4.78, 5) is 2.53. The van der Waals surface area contributed by atoms with E-state index >= 15 is 0 Å². The van der Waals surface area contributed by atoms with E-state index in [2.05, 4.69) is 217 Å². The van der Waals surface area contributed by atoms with Crippen LogP contribution in [0.1, 0.15) is 22.3 Å². The molecule has 0 fully saturated rings. The lowest BCUT2D eigenvalue weighted by molar-refractivity contribution is 0.770. The topological polar surface area (TPSA) is 3.24 Å². The largest absolute Gasteiger partial charge is 0.308 e. The molecule has 58 heavy (non-hydrogen) atoms. The summed E-state index contributed by atoms with van der Waals surface area (Å²) in [5.74, 6) is 0. The summed E-state index contributed by atoms with van der Waals surface area (Å²) >= 11 is 3.77. The number of hydrogen-bond donors (Lipinski definition) is 0. The van der Waals surface area contributed by atoms with Gasteiger partial charge < -0.3 is 4.90 Å². The molecule has 0 N–H and O–H groups in total. The summed E-state index contributed by atoms with van der Waals surface area (Å²) in [5.41, 5.74) is 13.3. The SMILES string of the molecule is c1ccc(-c2cccc(N(c3cccc4c3sc3ccccc34)c3cccc4sc5ccc(C6(c7ccccc7)c7ccccc7-c7ccccc76)cc5c34)c2)cc1. The van der Waals surface area contributed by atoms with Gasteiger partial charge in [0.05, 0.1) is 21.5 Å². The summed E-state index contributed by atoms with van der Waals surface area (Å²) in [6.45, 7) is 0. The molecule has 0 unspecified atom stereocenters. The molecule has 11 aromatic rings. The van der Waals surface area contributed by atoms with Crippen molar-refractivity contribution < 1.29 is 0 Å². The van der Waals surface area contributed by atoms with E-state index in [1.165, 1.54) is 96.2 Å². The first-order chi connectivity index (χ1) is 28.8. The monoisotopic (exact) mass is 773 g/mol. The molecule has 0 amide bonds. The van der Waals surface area contributed by atoms with Crippen LogP contribution in [0.2, 0.25) is 0 Å². The second-order valence-electron chi connectivity index (χ2n) is 15.2. The number of fused-ring (bicyclic) bond motifs is 9. The van der Waals surface area contributed by atoms with Crippen LogP contribution < -0.4 is 4.90 Å². The van der Waals surface area contributed by atoms with E-state index < -0.39 is 5.41 Å². The Morgan fingerprint density at radius 3 is 1.78 bits per heavy atom. The molecule has 2 aromatic heterocycles. The number of anilines is 3. The summed E-state index contributed by atoms with van der Waals surface area (Å²) in [6.07, 6.45) is 0. The third-order valence-electron chi connectivity index (χ3n) is 12.1. The van der Waals surface area contributed by atoms with E-state index in [9.17, 15) is 0 Å². The third-order valence-corrected chi connectivity index (χ3v) is 14.5. The van der Waals surface area contributed by atoms with Crippen LogP contribution in [0.3, 0.4) is 0 Å². The molecule has 3 heteroatoms. The van der Waals surface area contributed by atoms with Crippen LogP contribution in [0.5, 0.6) is 0 Å². The lowest BCUT2D eigenvalue weighted by Gasteiger charge is -2.34. The van der Waals surface area contributed by atoms with Crippen LogP contribution >= 0.6 is 22.7 Å². The normalized spacial score (nSPS) is 13.0. The van der Waals surface area contributed by atoms with E-state index in [1.54, 1.807) is 0 Å². The van der Waals surface area contributed by atoms with Gasteiger partial charge in [-0.25, -0.2) is 0 Å². The molecule has 1 nitrogen and oxygen atoms in total. The van der Waals surface area contributed by atoms with E-state index in [-0.39, 0.29) is 0 Å². The van der Waals surface area contributed by atoms with E-state index in [0.29, 0.717) is 0 Å². The minimum Gasteiger partial charge on any atom is -0.308 e. The second kappa shape index (κ2) is 13.1. The van der Waals surface area contributed by atoms with Crippen LogP contribution in [0.15, 0.2) is 212 Å². The zero-order valence-corrected chi connectivity index (χ0v) is 33.1. The molecule has 9 aromatic carbocycles. The lowest BCUT2D eigenvalue weighted by atomic mass is 9.67. The Morgan fingerprint density at radius 2 is 0.966 bits per heavy atom. The van der Waals surface area contributed by atoms with Crippen LogP contribution in [-0.4, -0.2) is 0 Å². The molecule has 0 atom stereocenters. The predicted octanol–water partition coefficient (Wildman–Crippen LogP) is 15.9. The quantitative estimate of drug-likeness (QED) is 0.163. The second-order valence-corrected chi connectivity index (χ2v) is 17.3. The van der Waals surface area contributed by atoms with Gasteiger partial charge >= 0.3 is 0 Å². The first-order valence-corrected chi connectivity index (χ1v) is 21.5. The van der Waals surface area contributed by atoms with Gasteiger partial charge in [0.2, 0.25) is 0 Å². The van der Waals surface area contributed by atoms with Crippen molar-refractivity contribution in [3.05, 3.63) is 235 Å². The van der Waals surface area contributed by atoms with Gasteiger partial charge in [0, 0.05) is 41.3 Å². The highest BCUT2D eigenvalue weighted by Crippen LogP contribution is 2.57. The smallest absolute Gasteiger partial charge is 0.0713 e. The Bertz CT molecular complexity index is 3310. The highest BCUT2D eigenvalue weighted by molar-refractivity contribution is 7.26. The first kappa shape index (κ1) is 33.4. The molecule has 0 bridgehead atoms. The van der Waals surface area contributed by atoms with Gasteiger partial charge in [-0.3, -0.25) is 0 Å². The molecule has 1 aliphatic carbocycles. The van der Waals surface area contributed by atoms with Crippen molar-refractivity contribution >= 4 is 80.1 Å². The highest BCUT2D eigenvalue weighted by atomic mass is 32.1. The maximum Gasteiger partial charge on any atom is 0.0713 e. The molecule has 0 radical (unpaired) electrons. The van der Waals surface area contributed by atoms with Crippen molar-refractivity contribution in [2.24, 2.45) is 0 Å². The van der Waals surface area contributed by atoms with Crippen molar-refractivity contribution in [3.63, 3.8) is 0 Å². The van der Waals surface area contributed by atoms with Crippen LogP contribution in [0.25, 0.3) is 62.6 Å². The fourth-order valence-corrected chi connectivity index (χ4v) is 12.0. The average molecular weight is 774 g/mol. The van der Waals surface area contributed by atoms with Crippen molar-refractivity contribution in [1.29, 1.82) is 0 Å². The minimum absolute atomic E-state index is 0.474.